The molecule has 0 aliphatic heterocycles. The van der Waals surface area contributed by atoms with Crippen molar-refractivity contribution in [3.63, 3.8) is 0 Å². The molecule has 0 fully saturated rings. The van der Waals surface area contributed by atoms with Crippen molar-refractivity contribution in [3.05, 3.63) is 18.2 Å². The van der Waals surface area contributed by atoms with Crippen molar-refractivity contribution in [3.8, 4) is 11.5 Å². The Hall–Kier alpha value is -2.24. The Kier molecular flexibility index (Phi) is 5.37. The first-order valence-electron chi connectivity index (χ1n) is 6.15. The molecule has 2 unspecified atom stereocenters. The van der Waals surface area contributed by atoms with Crippen LogP contribution in [0, 0.1) is 11.8 Å². The van der Waals surface area contributed by atoms with Crippen molar-refractivity contribution in [2.24, 2.45) is 11.8 Å². The highest BCUT2D eigenvalue weighted by atomic mass is 16.5. The van der Waals surface area contributed by atoms with Crippen LogP contribution in [0.15, 0.2) is 18.2 Å². The second-order valence-corrected chi connectivity index (χ2v) is 4.51. The molecule has 0 saturated carbocycles. The number of ether oxygens (including phenoxy) is 2. The van der Waals surface area contributed by atoms with E-state index in [0.717, 1.165) is 0 Å². The van der Waals surface area contributed by atoms with Gasteiger partial charge in [0.1, 0.15) is 11.5 Å². The molecule has 1 amide bonds. The van der Waals surface area contributed by atoms with Gasteiger partial charge in [-0.1, -0.05) is 13.8 Å². The number of benzene rings is 1. The minimum atomic E-state index is -1.00. The summed E-state index contributed by atoms with van der Waals surface area (Å²) in [5.41, 5.74) is 0.496. The van der Waals surface area contributed by atoms with Gasteiger partial charge < -0.3 is 19.9 Å². The SMILES string of the molecule is COc1cc(NC(=O)C(C)C(C)C(=O)O)cc(OC)c1. The first kappa shape index (κ1) is 15.8. The van der Waals surface area contributed by atoms with E-state index in [9.17, 15) is 9.59 Å². The number of methoxy groups -OCH3 is 2. The van der Waals surface area contributed by atoms with E-state index < -0.39 is 17.8 Å². The maximum atomic E-state index is 12.0. The van der Waals surface area contributed by atoms with Crippen LogP contribution in [-0.4, -0.2) is 31.2 Å². The predicted octanol–water partition coefficient (Wildman–Crippen LogP) is 2.00. The monoisotopic (exact) mass is 281 g/mol. The van der Waals surface area contributed by atoms with Gasteiger partial charge in [0.05, 0.1) is 20.1 Å². The van der Waals surface area contributed by atoms with E-state index in [1.807, 2.05) is 0 Å². The summed E-state index contributed by atoms with van der Waals surface area (Å²) >= 11 is 0. The zero-order chi connectivity index (χ0) is 15.3. The predicted molar refractivity (Wildman–Crippen MR) is 74.1 cm³/mol. The quantitative estimate of drug-likeness (QED) is 0.833. The van der Waals surface area contributed by atoms with Crippen LogP contribution in [-0.2, 0) is 9.59 Å². The molecule has 0 aliphatic rings. The molecule has 0 bridgehead atoms. The zero-order valence-electron chi connectivity index (χ0n) is 12.0. The number of amides is 1. The van der Waals surface area contributed by atoms with Crippen molar-refractivity contribution in [1.29, 1.82) is 0 Å². The largest absolute Gasteiger partial charge is 0.497 e. The number of carbonyl (C=O) groups is 2. The normalized spacial score (nSPS) is 13.2. The Bertz CT molecular complexity index is 478. The Morgan fingerprint density at radius 3 is 1.95 bits per heavy atom. The van der Waals surface area contributed by atoms with Crippen molar-refractivity contribution in [2.45, 2.75) is 13.8 Å². The van der Waals surface area contributed by atoms with E-state index in [-0.39, 0.29) is 5.91 Å². The third kappa shape index (κ3) is 3.88. The van der Waals surface area contributed by atoms with E-state index >= 15 is 0 Å². The minimum absolute atomic E-state index is 0.366. The van der Waals surface area contributed by atoms with Gasteiger partial charge in [-0.2, -0.15) is 0 Å². The van der Waals surface area contributed by atoms with Gasteiger partial charge in [-0.25, -0.2) is 0 Å². The zero-order valence-corrected chi connectivity index (χ0v) is 12.0. The highest BCUT2D eigenvalue weighted by Crippen LogP contribution is 2.26. The van der Waals surface area contributed by atoms with Crippen LogP contribution in [0.2, 0.25) is 0 Å². The van der Waals surface area contributed by atoms with Gasteiger partial charge in [0.15, 0.2) is 0 Å². The summed E-state index contributed by atoms with van der Waals surface area (Å²) in [6.45, 7) is 3.07. The summed E-state index contributed by atoms with van der Waals surface area (Å²) in [7, 11) is 3.02. The number of nitrogens with one attached hydrogen (secondary N) is 1. The van der Waals surface area contributed by atoms with Crippen LogP contribution in [0.3, 0.4) is 0 Å². The molecule has 20 heavy (non-hydrogen) atoms. The van der Waals surface area contributed by atoms with Crippen LogP contribution < -0.4 is 14.8 Å². The van der Waals surface area contributed by atoms with E-state index in [1.165, 1.54) is 21.1 Å². The van der Waals surface area contributed by atoms with Gasteiger partial charge in [0, 0.05) is 29.8 Å². The second kappa shape index (κ2) is 6.79. The fourth-order valence-electron chi connectivity index (χ4n) is 1.58. The first-order chi connectivity index (χ1) is 9.38. The molecule has 0 spiro atoms. The topological polar surface area (TPSA) is 84.9 Å². The Morgan fingerprint density at radius 2 is 1.55 bits per heavy atom. The van der Waals surface area contributed by atoms with Crippen molar-refractivity contribution < 1.29 is 24.2 Å². The second-order valence-electron chi connectivity index (χ2n) is 4.51. The van der Waals surface area contributed by atoms with Crippen LogP contribution in [0.1, 0.15) is 13.8 Å². The number of carboxylic acid groups (broad SMARTS) is 1. The molecular formula is C14H19NO5. The Labute approximate surface area is 117 Å². The lowest BCUT2D eigenvalue weighted by molar-refractivity contribution is -0.145. The summed E-state index contributed by atoms with van der Waals surface area (Å²) in [6, 6.07) is 4.95. The molecule has 2 atom stereocenters. The summed E-state index contributed by atoms with van der Waals surface area (Å²) in [5, 5.41) is 11.6. The smallest absolute Gasteiger partial charge is 0.307 e. The van der Waals surface area contributed by atoms with Gasteiger partial charge in [-0.3, -0.25) is 9.59 Å². The van der Waals surface area contributed by atoms with Gasteiger partial charge >= 0.3 is 5.97 Å². The molecule has 0 aliphatic carbocycles. The third-order valence-electron chi connectivity index (χ3n) is 3.17. The number of aliphatic carboxylic acids is 1. The number of hydrogen-bond donors (Lipinski definition) is 2. The average Bonchev–Trinajstić information content (AvgIpc) is 2.44. The summed E-state index contributed by atoms with van der Waals surface area (Å²) in [6.07, 6.45) is 0. The molecule has 6 heteroatoms. The van der Waals surface area contributed by atoms with Crippen LogP contribution in [0.5, 0.6) is 11.5 Å². The van der Waals surface area contributed by atoms with Crippen LogP contribution >= 0.6 is 0 Å². The highest BCUT2D eigenvalue weighted by Gasteiger charge is 2.25. The molecule has 2 N–H and O–H groups in total. The van der Waals surface area contributed by atoms with Crippen LogP contribution in [0.25, 0.3) is 0 Å². The molecule has 110 valence electrons. The molecule has 1 aromatic carbocycles. The molecule has 1 rings (SSSR count). The van der Waals surface area contributed by atoms with Gasteiger partial charge in [0.2, 0.25) is 5.91 Å². The number of hydrogen-bond acceptors (Lipinski definition) is 4. The van der Waals surface area contributed by atoms with E-state index in [4.69, 9.17) is 14.6 Å². The van der Waals surface area contributed by atoms with Crippen molar-refractivity contribution in [2.75, 3.05) is 19.5 Å². The molecule has 0 aromatic heterocycles. The van der Waals surface area contributed by atoms with Gasteiger partial charge in [-0.15, -0.1) is 0 Å². The lowest BCUT2D eigenvalue weighted by Crippen LogP contribution is -2.29. The standard InChI is InChI=1S/C14H19NO5/c1-8(9(2)14(17)18)13(16)15-10-5-11(19-3)7-12(6-10)20-4/h5-9H,1-4H3,(H,15,16)(H,17,18). The van der Waals surface area contributed by atoms with Crippen molar-refractivity contribution >= 4 is 17.6 Å². The summed E-state index contributed by atoms with van der Waals surface area (Å²) < 4.78 is 10.2. The maximum absolute atomic E-state index is 12.0. The van der Waals surface area contributed by atoms with Crippen molar-refractivity contribution in [1.82, 2.24) is 0 Å². The van der Waals surface area contributed by atoms with Crippen LogP contribution in [0.4, 0.5) is 5.69 Å². The van der Waals surface area contributed by atoms with E-state index in [0.29, 0.717) is 17.2 Å². The van der Waals surface area contributed by atoms with Gasteiger partial charge in [0.25, 0.3) is 0 Å². The highest BCUT2D eigenvalue weighted by molar-refractivity contribution is 5.95. The number of anilines is 1. The molecule has 0 heterocycles. The number of carboxylic acids is 1. The molecule has 0 radical (unpaired) electrons. The number of carbonyl (C=O) groups excluding carboxylic acids is 1. The fraction of sp³-hybridized carbons (Fsp3) is 0.429. The molecular weight excluding hydrogens is 262 g/mol. The summed E-state index contributed by atoms with van der Waals surface area (Å²) in [5.74, 6) is -1.70. The lowest BCUT2D eigenvalue weighted by atomic mass is 9.95. The minimum Gasteiger partial charge on any atom is -0.497 e. The first-order valence-corrected chi connectivity index (χ1v) is 6.15. The number of rotatable bonds is 6. The fourth-order valence-corrected chi connectivity index (χ4v) is 1.58. The lowest BCUT2D eigenvalue weighted by Gasteiger charge is -2.16. The average molecular weight is 281 g/mol. The maximum Gasteiger partial charge on any atom is 0.307 e. The Balaban J connectivity index is 2.87. The third-order valence-corrected chi connectivity index (χ3v) is 3.17. The molecule has 1 aromatic rings. The Morgan fingerprint density at radius 1 is 1.05 bits per heavy atom. The molecule has 0 saturated heterocycles. The van der Waals surface area contributed by atoms with E-state index in [1.54, 1.807) is 25.1 Å². The van der Waals surface area contributed by atoms with E-state index in [2.05, 4.69) is 5.32 Å². The van der Waals surface area contributed by atoms with Gasteiger partial charge in [-0.05, 0) is 0 Å². The summed E-state index contributed by atoms with van der Waals surface area (Å²) in [4.78, 5) is 22.9. The molecule has 6 nitrogen and oxygen atoms in total.